The smallest absolute Gasteiger partial charge is 0.311 e. The lowest BCUT2D eigenvalue weighted by Crippen LogP contribution is -2.24. The molecule has 1 amide bonds. The summed E-state index contributed by atoms with van der Waals surface area (Å²) >= 11 is 1.43. The van der Waals surface area contributed by atoms with Crippen LogP contribution in [0.4, 0.5) is 5.13 Å². The van der Waals surface area contributed by atoms with Crippen LogP contribution in [-0.4, -0.2) is 16.9 Å². The maximum Gasteiger partial charge on any atom is 0.311 e. The van der Waals surface area contributed by atoms with E-state index in [4.69, 9.17) is 4.74 Å². The Labute approximate surface area is 126 Å². The normalized spacial score (nSPS) is 17.0. The number of aromatic nitrogens is 1. The van der Waals surface area contributed by atoms with Crippen LogP contribution in [0.5, 0.6) is 5.75 Å². The van der Waals surface area contributed by atoms with Gasteiger partial charge in [-0.3, -0.25) is 9.59 Å². The quantitative estimate of drug-likeness (QED) is 0.699. The average molecular weight is 302 g/mol. The second kappa shape index (κ2) is 5.65. The van der Waals surface area contributed by atoms with Crippen molar-refractivity contribution in [3.05, 3.63) is 40.9 Å². The summed E-state index contributed by atoms with van der Waals surface area (Å²) in [5.74, 6) is -0.0319. The number of benzene rings is 1. The van der Waals surface area contributed by atoms with Crippen LogP contribution in [0, 0.1) is 6.92 Å². The zero-order valence-electron chi connectivity index (χ0n) is 11.5. The van der Waals surface area contributed by atoms with Gasteiger partial charge in [-0.05, 0) is 18.6 Å². The predicted molar refractivity (Wildman–Crippen MR) is 79.5 cm³/mol. The molecule has 0 aliphatic carbocycles. The molecule has 5 nitrogen and oxygen atoms in total. The fraction of sp³-hybridized carbons (Fsp3) is 0.267. The van der Waals surface area contributed by atoms with Gasteiger partial charge in [0.15, 0.2) is 5.13 Å². The van der Waals surface area contributed by atoms with E-state index in [9.17, 15) is 9.59 Å². The largest absolute Gasteiger partial charge is 0.426 e. The van der Waals surface area contributed by atoms with Gasteiger partial charge in [-0.25, -0.2) is 4.98 Å². The Bertz CT molecular complexity index is 696. The minimum absolute atomic E-state index is 0.140. The molecule has 1 atom stereocenters. The van der Waals surface area contributed by atoms with E-state index >= 15 is 0 Å². The fourth-order valence-corrected chi connectivity index (χ4v) is 3.06. The number of aryl methyl sites for hydroxylation is 1. The van der Waals surface area contributed by atoms with Crippen LogP contribution >= 0.6 is 11.3 Å². The third-order valence-electron chi connectivity index (χ3n) is 3.30. The van der Waals surface area contributed by atoms with Crippen molar-refractivity contribution >= 4 is 28.3 Å². The minimum Gasteiger partial charge on any atom is -0.426 e. The highest BCUT2D eigenvalue weighted by atomic mass is 32.1. The first-order chi connectivity index (χ1) is 10.1. The van der Waals surface area contributed by atoms with Crippen LogP contribution in [0.15, 0.2) is 30.5 Å². The number of para-hydroxylation sites is 1. The number of hydrogen-bond acceptors (Lipinski definition) is 5. The van der Waals surface area contributed by atoms with E-state index in [-0.39, 0.29) is 30.6 Å². The Balaban J connectivity index is 1.72. The Morgan fingerprint density at radius 2 is 2.29 bits per heavy atom. The van der Waals surface area contributed by atoms with Crippen molar-refractivity contribution in [1.82, 2.24) is 4.98 Å². The van der Waals surface area contributed by atoms with Crippen molar-refractivity contribution in [2.24, 2.45) is 0 Å². The number of esters is 1. The molecule has 108 valence electrons. The Morgan fingerprint density at radius 3 is 3.05 bits per heavy atom. The molecule has 1 N–H and O–H groups in total. The second-order valence-corrected chi connectivity index (χ2v) is 6.18. The van der Waals surface area contributed by atoms with E-state index in [1.165, 1.54) is 11.3 Å². The first-order valence-electron chi connectivity index (χ1n) is 6.63. The molecular formula is C15H14N2O3S. The number of amides is 1. The summed E-state index contributed by atoms with van der Waals surface area (Å²) in [5.41, 5.74) is 0.905. The molecule has 1 aromatic carbocycles. The summed E-state index contributed by atoms with van der Waals surface area (Å²) in [6.45, 7) is 1.93. The summed E-state index contributed by atoms with van der Waals surface area (Å²) in [5, 5.41) is 3.36. The molecule has 1 aliphatic heterocycles. The predicted octanol–water partition coefficient (Wildman–Crippen LogP) is 2.87. The highest BCUT2D eigenvalue weighted by Crippen LogP contribution is 2.36. The molecule has 1 aliphatic rings. The highest BCUT2D eigenvalue weighted by Gasteiger charge is 2.28. The van der Waals surface area contributed by atoms with Crippen LogP contribution in [0.2, 0.25) is 0 Å². The lowest BCUT2D eigenvalue weighted by atomic mass is 9.90. The van der Waals surface area contributed by atoms with Gasteiger partial charge in [0.2, 0.25) is 5.91 Å². The number of anilines is 1. The fourth-order valence-electron chi connectivity index (χ4n) is 2.37. The number of nitrogens with zero attached hydrogens (tertiary/aromatic N) is 1. The number of nitrogens with one attached hydrogen (secondary N) is 1. The van der Waals surface area contributed by atoms with Crippen LogP contribution in [0.25, 0.3) is 0 Å². The highest BCUT2D eigenvalue weighted by molar-refractivity contribution is 7.15. The monoisotopic (exact) mass is 302 g/mol. The van der Waals surface area contributed by atoms with Gasteiger partial charge in [0.05, 0.1) is 6.42 Å². The molecule has 2 aromatic rings. The van der Waals surface area contributed by atoms with E-state index in [1.54, 1.807) is 12.3 Å². The molecule has 0 bridgehead atoms. The van der Waals surface area contributed by atoms with Crippen molar-refractivity contribution in [3.63, 3.8) is 0 Å². The minimum atomic E-state index is -0.295. The second-order valence-electron chi connectivity index (χ2n) is 4.94. The van der Waals surface area contributed by atoms with Gasteiger partial charge in [-0.2, -0.15) is 0 Å². The van der Waals surface area contributed by atoms with E-state index < -0.39 is 0 Å². The van der Waals surface area contributed by atoms with E-state index in [0.717, 1.165) is 10.4 Å². The van der Waals surface area contributed by atoms with Crippen molar-refractivity contribution in [3.8, 4) is 5.75 Å². The molecule has 3 rings (SSSR count). The van der Waals surface area contributed by atoms with Gasteiger partial charge >= 0.3 is 5.97 Å². The Kier molecular flexibility index (Phi) is 3.70. The molecule has 0 saturated heterocycles. The molecule has 21 heavy (non-hydrogen) atoms. The molecule has 2 heterocycles. The summed E-state index contributed by atoms with van der Waals surface area (Å²) in [4.78, 5) is 28.9. The van der Waals surface area contributed by atoms with Crippen LogP contribution < -0.4 is 10.1 Å². The third kappa shape index (κ3) is 3.11. The van der Waals surface area contributed by atoms with Crippen molar-refractivity contribution in [2.45, 2.75) is 25.7 Å². The SMILES string of the molecule is Cc1cnc(NC(=O)C[C@H]2CC(=O)Oc3ccccc32)s1. The zero-order valence-corrected chi connectivity index (χ0v) is 12.3. The Hall–Kier alpha value is -2.21. The average Bonchev–Trinajstić information content (AvgIpc) is 2.83. The third-order valence-corrected chi connectivity index (χ3v) is 4.12. The first kappa shape index (κ1) is 13.8. The van der Waals surface area contributed by atoms with E-state index in [1.807, 2.05) is 25.1 Å². The number of carbonyl (C=O) groups excluding carboxylic acids is 2. The maximum atomic E-state index is 12.1. The molecule has 1 aromatic heterocycles. The van der Waals surface area contributed by atoms with Gasteiger partial charge in [0, 0.05) is 23.4 Å². The van der Waals surface area contributed by atoms with Gasteiger partial charge in [0.25, 0.3) is 0 Å². The zero-order chi connectivity index (χ0) is 14.8. The number of carbonyl (C=O) groups is 2. The topological polar surface area (TPSA) is 68.3 Å². The molecule has 0 unspecified atom stereocenters. The van der Waals surface area contributed by atoms with Crippen LogP contribution in [-0.2, 0) is 9.59 Å². The van der Waals surface area contributed by atoms with Crippen molar-refractivity contribution in [2.75, 3.05) is 5.32 Å². The van der Waals surface area contributed by atoms with Crippen LogP contribution in [0.1, 0.15) is 29.2 Å². The van der Waals surface area contributed by atoms with E-state index in [0.29, 0.717) is 10.9 Å². The number of fused-ring (bicyclic) bond motifs is 1. The van der Waals surface area contributed by atoms with Crippen molar-refractivity contribution in [1.29, 1.82) is 0 Å². The van der Waals surface area contributed by atoms with Crippen LogP contribution in [0.3, 0.4) is 0 Å². The lowest BCUT2D eigenvalue weighted by molar-refractivity contribution is -0.136. The van der Waals surface area contributed by atoms with Gasteiger partial charge < -0.3 is 10.1 Å². The number of hydrogen-bond donors (Lipinski definition) is 1. The molecule has 6 heteroatoms. The van der Waals surface area contributed by atoms with Gasteiger partial charge in [0.1, 0.15) is 5.75 Å². The Morgan fingerprint density at radius 1 is 1.48 bits per heavy atom. The van der Waals surface area contributed by atoms with E-state index in [2.05, 4.69) is 10.3 Å². The summed E-state index contributed by atoms with van der Waals surface area (Å²) in [6.07, 6.45) is 2.18. The number of ether oxygens (including phenoxy) is 1. The molecule has 0 radical (unpaired) electrons. The molecule has 0 spiro atoms. The molecular weight excluding hydrogens is 288 g/mol. The molecule has 0 saturated carbocycles. The number of thiazole rings is 1. The van der Waals surface area contributed by atoms with Gasteiger partial charge in [-0.1, -0.05) is 18.2 Å². The standard InChI is InChI=1S/C15H14N2O3S/c1-9-8-16-15(21-9)17-13(18)6-10-7-14(19)20-12-5-3-2-4-11(10)12/h2-5,8,10H,6-7H2,1H3,(H,16,17,18)/t10-/m0/s1. The lowest BCUT2D eigenvalue weighted by Gasteiger charge is -2.23. The molecule has 0 fully saturated rings. The number of rotatable bonds is 3. The maximum absolute atomic E-state index is 12.1. The van der Waals surface area contributed by atoms with Gasteiger partial charge in [-0.15, -0.1) is 11.3 Å². The van der Waals surface area contributed by atoms with Crippen molar-refractivity contribution < 1.29 is 14.3 Å². The summed E-state index contributed by atoms with van der Waals surface area (Å²) in [6, 6.07) is 7.34. The summed E-state index contributed by atoms with van der Waals surface area (Å²) in [7, 11) is 0. The summed E-state index contributed by atoms with van der Waals surface area (Å²) < 4.78 is 5.18. The first-order valence-corrected chi connectivity index (χ1v) is 7.45.